The third kappa shape index (κ3) is 2.91. The van der Waals surface area contributed by atoms with Crippen molar-refractivity contribution in [2.45, 2.75) is 25.3 Å². The number of amides is 2. The summed E-state index contributed by atoms with van der Waals surface area (Å²) in [6.07, 6.45) is 5.42. The second-order valence-corrected chi connectivity index (χ2v) is 6.75. The van der Waals surface area contributed by atoms with E-state index < -0.39 is 5.41 Å². The van der Waals surface area contributed by atoms with Crippen molar-refractivity contribution in [2.24, 2.45) is 5.41 Å². The van der Waals surface area contributed by atoms with Crippen molar-refractivity contribution in [2.75, 3.05) is 39.8 Å². The Labute approximate surface area is 141 Å². The summed E-state index contributed by atoms with van der Waals surface area (Å²) in [5.41, 5.74) is -0.0472. The summed E-state index contributed by atoms with van der Waals surface area (Å²) in [6, 6.07) is -0.161. The van der Waals surface area contributed by atoms with Gasteiger partial charge in [-0.3, -0.25) is 14.7 Å². The molecule has 0 aromatic carbocycles. The number of aliphatic hydroxyl groups excluding tert-OH is 1. The molecule has 132 valence electrons. The second-order valence-electron chi connectivity index (χ2n) is 6.75. The number of aromatic nitrogens is 2. The number of aliphatic hydroxyl groups is 1. The summed E-state index contributed by atoms with van der Waals surface area (Å²) in [6.45, 7) is 2.33. The van der Waals surface area contributed by atoms with Gasteiger partial charge in [0.2, 0.25) is 5.91 Å². The first-order valence-corrected chi connectivity index (χ1v) is 8.46. The van der Waals surface area contributed by atoms with Gasteiger partial charge < -0.3 is 20.2 Å². The van der Waals surface area contributed by atoms with Crippen LogP contribution in [0.1, 0.15) is 29.6 Å². The van der Waals surface area contributed by atoms with Gasteiger partial charge in [-0.2, -0.15) is 5.10 Å². The minimum Gasteiger partial charge on any atom is -0.395 e. The Morgan fingerprint density at radius 3 is 3.00 bits per heavy atom. The van der Waals surface area contributed by atoms with E-state index >= 15 is 0 Å². The van der Waals surface area contributed by atoms with Gasteiger partial charge in [0.25, 0.3) is 5.91 Å². The molecule has 2 aliphatic heterocycles. The van der Waals surface area contributed by atoms with Crippen molar-refractivity contribution in [1.29, 1.82) is 0 Å². The van der Waals surface area contributed by atoms with Gasteiger partial charge in [-0.05, 0) is 32.9 Å². The lowest BCUT2D eigenvalue weighted by Gasteiger charge is -2.53. The van der Waals surface area contributed by atoms with Gasteiger partial charge in [-0.15, -0.1) is 0 Å². The van der Waals surface area contributed by atoms with Crippen molar-refractivity contribution in [3.05, 3.63) is 18.0 Å². The normalized spacial score (nSPS) is 27.6. The molecule has 8 nitrogen and oxygen atoms in total. The number of rotatable bonds is 4. The predicted molar refractivity (Wildman–Crippen MR) is 87.3 cm³/mol. The maximum absolute atomic E-state index is 12.9. The molecule has 8 heteroatoms. The van der Waals surface area contributed by atoms with Crippen molar-refractivity contribution >= 4 is 11.8 Å². The fourth-order valence-corrected chi connectivity index (χ4v) is 4.03. The molecule has 0 bridgehead atoms. The standard InChI is InChI=1S/C16H25N5O3/c1-20-7-4-16(15(24)17-5-8-22)3-2-6-21(13(16)11-20)14(23)12-9-18-19-10-12/h9-10,13,22H,2-8,11H2,1H3,(H,17,24)(H,18,19)/t13-,16+/m0/s1. The first kappa shape index (κ1) is 16.9. The van der Waals surface area contributed by atoms with Gasteiger partial charge in [0.15, 0.2) is 0 Å². The van der Waals surface area contributed by atoms with E-state index in [0.717, 1.165) is 25.8 Å². The molecule has 2 aliphatic rings. The van der Waals surface area contributed by atoms with Crippen LogP contribution in [0.5, 0.6) is 0 Å². The third-order valence-electron chi connectivity index (χ3n) is 5.32. The lowest BCUT2D eigenvalue weighted by molar-refractivity contribution is -0.142. The van der Waals surface area contributed by atoms with Gasteiger partial charge in [-0.25, -0.2) is 0 Å². The number of H-pyrrole nitrogens is 1. The molecule has 24 heavy (non-hydrogen) atoms. The summed E-state index contributed by atoms with van der Waals surface area (Å²) < 4.78 is 0. The van der Waals surface area contributed by atoms with E-state index in [4.69, 9.17) is 5.11 Å². The number of nitrogens with one attached hydrogen (secondary N) is 2. The third-order valence-corrected chi connectivity index (χ3v) is 5.32. The number of carbonyl (C=O) groups excluding carboxylic acids is 2. The van der Waals surface area contributed by atoms with Gasteiger partial charge in [-0.1, -0.05) is 0 Å². The zero-order valence-corrected chi connectivity index (χ0v) is 14.0. The van der Waals surface area contributed by atoms with E-state index in [1.54, 1.807) is 6.20 Å². The van der Waals surface area contributed by atoms with Gasteiger partial charge >= 0.3 is 0 Å². The monoisotopic (exact) mass is 335 g/mol. The molecule has 2 fully saturated rings. The van der Waals surface area contributed by atoms with Crippen LogP contribution in [-0.2, 0) is 4.79 Å². The number of hydrogen-bond donors (Lipinski definition) is 3. The second kappa shape index (κ2) is 6.90. The van der Waals surface area contributed by atoms with Crippen LogP contribution in [0.3, 0.4) is 0 Å². The summed E-state index contributed by atoms with van der Waals surface area (Å²) in [5.74, 6) is -0.123. The molecule has 0 radical (unpaired) electrons. The SMILES string of the molecule is CN1CC[C@]2(C(=O)NCCO)CCCN(C(=O)c3cn[nH]c3)[C@H]2C1. The number of likely N-dealkylation sites (tertiary alicyclic amines) is 2. The maximum atomic E-state index is 12.9. The Hall–Kier alpha value is -1.93. The molecule has 0 unspecified atom stereocenters. The minimum atomic E-state index is -0.570. The fourth-order valence-electron chi connectivity index (χ4n) is 4.03. The average Bonchev–Trinajstić information content (AvgIpc) is 3.13. The summed E-state index contributed by atoms with van der Waals surface area (Å²) in [5, 5.41) is 18.4. The largest absolute Gasteiger partial charge is 0.395 e. The van der Waals surface area contributed by atoms with Crippen LogP contribution >= 0.6 is 0 Å². The molecule has 2 amide bonds. The van der Waals surface area contributed by atoms with Crippen molar-refractivity contribution < 1.29 is 14.7 Å². The van der Waals surface area contributed by atoms with Gasteiger partial charge in [0.05, 0.1) is 29.8 Å². The van der Waals surface area contributed by atoms with Crippen LogP contribution in [0, 0.1) is 5.41 Å². The smallest absolute Gasteiger partial charge is 0.257 e. The molecule has 3 heterocycles. The highest BCUT2D eigenvalue weighted by Gasteiger charge is 2.53. The van der Waals surface area contributed by atoms with E-state index in [-0.39, 0.29) is 31.0 Å². The zero-order chi connectivity index (χ0) is 17.2. The first-order valence-electron chi connectivity index (χ1n) is 8.46. The van der Waals surface area contributed by atoms with Crippen LogP contribution in [0.15, 0.2) is 12.4 Å². The van der Waals surface area contributed by atoms with Crippen LogP contribution in [0.2, 0.25) is 0 Å². The summed E-state index contributed by atoms with van der Waals surface area (Å²) >= 11 is 0. The summed E-state index contributed by atoms with van der Waals surface area (Å²) in [7, 11) is 2.02. The van der Waals surface area contributed by atoms with E-state index in [9.17, 15) is 9.59 Å². The number of piperidine rings is 2. The van der Waals surface area contributed by atoms with E-state index in [1.165, 1.54) is 6.20 Å². The molecule has 1 aromatic rings. The van der Waals surface area contributed by atoms with Crippen molar-refractivity contribution in [3.63, 3.8) is 0 Å². The minimum absolute atomic E-state index is 0.0423. The molecule has 1 aromatic heterocycles. The Morgan fingerprint density at radius 1 is 1.46 bits per heavy atom. The number of carbonyl (C=O) groups is 2. The topological polar surface area (TPSA) is 102 Å². The van der Waals surface area contributed by atoms with E-state index in [2.05, 4.69) is 20.4 Å². The molecule has 3 N–H and O–H groups in total. The number of fused-ring (bicyclic) bond motifs is 1. The Bertz CT molecular complexity index is 591. The summed E-state index contributed by atoms with van der Waals surface area (Å²) in [4.78, 5) is 29.8. The van der Waals surface area contributed by atoms with Crippen LogP contribution in [0.25, 0.3) is 0 Å². The van der Waals surface area contributed by atoms with Crippen molar-refractivity contribution in [1.82, 2.24) is 25.3 Å². The highest BCUT2D eigenvalue weighted by atomic mass is 16.3. The van der Waals surface area contributed by atoms with Crippen LogP contribution in [-0.4, -0.2) is 82.8 Å². The highest BCUT2D eigenvalue weighted by Crippen LogP contribution is 2.43. The lowest BCUT2D eigenvalue weighted by atomic mass is 9.67. The Balaban J connectivity index is 1.89. The van der Waals surface area contributed by atoms with E-state index in [0.29, 0.717) is 18.7 Å². The number of hydrogen-bond acceptors (Lipinski definition) is 5. The molecule has 0 spiro atoms. The molecule has 0 saturated carbocycles. The molecule has 0 aliphatic carbocycles. The van der Waals surface area contributed by atoms with Crippen LogP contribution in [0.4, 0.5) is 0 Å². The molecule has 2 saturated heterocycles. The fraction of sp³-hybridized carbons (Fsp3) is 0.688. The molecular weight excluding hydrogens is 310 g/mol. The molecule has 2 atom stereocenters. The average molecular weight is 335 g/mol. The highest BCUT2D eigenvalue weighted by molar-refractivity contribution is 5.95. The lowest BCUT2D eigenvalue weighted by Crippen LogP contribution is -2.66. The van der Waals surface area contributed by atoms with Gasteiger partial charge in [0, 0.05) is 25.8 Å². The molecule has 3 rings (SSSR count). The number of likely N-dealkylation sites (N-methyl/N-ethyl adjacent to an activating group) is 1. The molecular formula is C16H25N5O3. The van der Waals surface area contributed by atoms with E-state index in [1.807, 2.05) is 11.9 Å². The number of aromatic amines is 1. The zero-order valence-electron chi connectivity index (χ0n) is 14.0. The number of nitrogens with zero attached hydrogens (tertiary/aromatic N) is 3. The van der Waals surface area contributed by atoms with Crippen molar-refractivity contribution in [3.8, 4) is 0 Å². The predicted octanol–water partition coefficient (Wildman–Crippen LogP) is -0.555. The quantitative estimate of drug-likeness (QED) is 0.685. The van der Waals surface area contributed by atoms with Crippen LogP contribution < -0.4 is 5.32 Å². The first-order chi connectivity index (χ1) is 11.6. The maximum Gasteiger partial charge on any atom is 0.257 e. The Kier molecular flexibility index (Phi) is 4.86. The Morgan fingerprint density at radius 2 is 2.29 bits per heavy atom. The van der Waals surface area contributed by atoms with Gasteiger partial charge in [0.1, 0.15) is 0 Å².